The largest absolute Gasteiger partial charge is 0.333 e. The summed E-state index contributed by atoms with van der Waals surface area (Å²) in [5.74, 6) is -0.0230. The van der Waals surface area contributed by atoms with Crippen molar-refractivity contribution in [3.8, 4) is 0 Å². The van der Waals surface area contributed by atoms with Crippen LogP contribution in [0.1, 0.15) is 23.8 Å². The van der Waals surface area contributed by atoms with Crippen LogP contribution < -0.4 is 5.73 Å². The van der Waals surface area contributed by atoms with E-state index >= 15 is 0 Å². The number of rotatable bonds is 2. The lowest BCUT2D eigenvalue weighted by molar-refractivity contribution is 0.0395. The molecule has 0 atom stereocenters. The van der Waals surface area contributed by atoms with E-state index < -0.39 is 0 Å². The molecule has 2 heterocycles. The molecule has 1 saturated heterocycles. The van der Waals surface area contributed by atoms with Crippen LogP contribution in [-0.2, 0) is 7.05 Å². The van der Waals surface area contributed by atoms with Gasteiger partial charge in [-0.05, 0) is 12.5 Å². The van der Waals surface area contributed by atoms with Crippen molar-refractivity contribution >= 4 is 5.91 Å². The van der Waals surface area contributed by atoms with E-state index in [-0.39, 0.29) is 11.4 Å². The van der Waals surface area contributed by atoms with E-state index in [0.717, 1.165) is 6.42 Å². The van der Waals surface area contributed by atoms with Crippen LogP contribution in [0.25, 0.3) is 0 Å². The smallest absolute Gasteiger partial charge is 0.274 e. The van der Waals surface area contributed by atoms with Crippen molar-refractivity contribution in [3.63, 3.8) is 0 Å². The molecule has 0 aliphatic carbocycles. The minimum Gasteiger partial charge on any atom is -0.333 e. The van der Waals surface area contributed by atoms with E-state index in [2.05, 4.69) is 5.10 Å². The molecule has 0 radical (unpaired) electrons. The van der Waals surface area contributed by atoms with Gasteiger partial charge >= 0.3 is 0 Å². The Morgan fingerprint density at radius 2 is 2.33 bits per heavy atom. The van der Waals surface area contributed by atoms with E-state index in [4.69, 9.17) is 5.73 Å². The van der Waals surface area contributed by atoms with Gasteiger partial charge in [0.25, 0.3) is 5.91 Å². The first-order chi connectivity index (χ1) is 7.04. The van der Waals surface area contributed by atoms with Gasteiger partial charge in [-0.1, -0.05) is 6.92 Å². The quantitative estimate of drug-likeness (QED) is 0.743. The van der Waals surface area contributed by atoms with Gasteiger partial charge in [0, 0.05) is 26.3 Å². The van der Waals surface area contributed by atoms with E-state index in [1.165, 1.54) is 0 Å². The third kappa shape index (κ3) is 1.74. The zero-order chi connectivity index (χ0) is 11.1. The van der Waals surface area contributed by atoms with E-state index in [0.29, 0.717) is 18.8 Å². The Hall–Kier alpha value is -1.36. The SMILES string of the molecule is CCC1(N)CN(C(=O)c2ccn(C)n2)C1. The molecule has 82 valence electrons. The Balaban J connectivity index is 2.00. The molecule has 0 bridgehead atoms. The minimum atomic E-state index is -0.176. The first-order valence-electron chi connectivity index (χ1n) is 5.12. The summed E-state index contributed by atoms with van der Waals surface area (Å²) < 4.78 is 1.63. The fourth-order valence-electron chi connectivity index (χ4n) is 1.77. The highest BCUT2D eigenvalue weighted by atomic mass is 16.2. The molecular weight excluding hydrogens is 192 g/mol. The van der Waals surface area contributed by atoms with Crippen LogP contribution in [0.3, 0.4) is 0 Å². The second-order valence-electron chi connectivity index (χ2n) is 4.25. The highest BCUT2D eigenvalue weighted by Gasteiger charge is 2.41. The molecule has 5 nitrogen and oxygen atoms in total. The predicted molar refractivity (Wildman–Crippen MR) is 56.3 cm³/mol. The second-order valence-corrected chi connectivity index (χ2v) is 4.25. The summed E-state index contributed by atoms with van der Waals surface area (Å²) in [4.78, 5) is 13.6. The van der Waals surface area contributed by atoms with Gasteiger partial charge in [0.2, 0.25) is 0 Å². The molecule has 1 aromatic rings. The molecule has 0 aromatic carbocycles. The van der Waals surface area contributed by atoms with Crippen LogP contribution in [0, 0.1) is 0 Å². The third-order valence-electron chi connectivity index (χ3n) is 2.94. The summed E-state index contributed by atoms with van der Waals surface area (Å²) in [6.45, 7) is 3.32. The topological polar surface area (TPSA) is 64.2 Å². The summed E-state index contributed by atoms with van der Waals surface area (Å²) in [7, 11) is 1.80. The average Bonchev–Trinajstić information content (AvgIpc) is 2.59. The molecule has 1 aromatic heterocycles. The standard InChI is InChI=1S/C10H16N4O/c1-3-10(11)6-14(7-10)9(15)8-4-5-13(2)12-8/h4-5H,3,6-7,11H2,1-2H3. The van der Waals surface area contributed by atoms with Gasteiger partial charge in [0.15, 0.2) is 0 Å². The normalized spacial score (nSPS) is 18.7. The number of aryl methyl sites for hydroxylation is 1. The molecule has 1 amide bonds. The van der Waals surface area contributed by atoms with Gasteiger partial charge in [-0.2, -0.15) is 5.10 Å². The summed E-state index contributed by atoms with van der Waals surface area (Å²) in [5.41, 5.74) is 6.31. The monoisotopic (exact) mass is 208 g/mol. The summed E-state index contributed by atoms with van der Waals surface area (Å²) >= 11 is 0. The molecule has 1 aliphatic heterocycles. The van der Waals surface area contributed by atoms with Crippen LogP contribution >= 0.6 is 0 Å². The molecule has 1 fully saturated rings. The van der Waals surface area contributed by atoms with Crippen LogP contribution in [0.4, 0.5) is 0 Å². The Bertz CT molecular complexity index is 379. The lowest BCUT2D eigenvalue weighted by atomic mass is 9.88. The molecule has 2 N–H and O–H groups in total. The molecule has 0 unspecified atom stereocenters. The fraction of sp³-hybridized carbons (Fsp3) is 0.600. The zero-order valence-electron chi connectivity index (χ0n) is 9.10. The van der Waals surface area contributed by atoms with Crippen molar-refractivity contribution < 1.29 is 4.79 Å². The van der Waals surface area contributed by atoms with Crippen molar-refractivity contribution in [3.05, 3.63) is 18.0 Å². The summed E-state index contributed by atoms with van der Waals surface area (Å²) in [6, 6.07) is 1.73. The zero-order valence-corrected chi connectivity index (χ0v) is 9.10. The van der Waals surface area contributed by atoms with Crippen molar-refractivity contribution in [1.29, 1.82) is 0 Å². The van der Waals surface area contributed by atoms with Crippen LogP contribution in [0.5, 0.6) is 0 Å². The number of hydrogen-bond donors (Lipinski definition) is 1. The number of carbonyl (C=O) groups is 1. The molecule has 2 rings (SSSR count). The van der Waals surface area contributed by atoms with Gasteiger partial charge in [-0.25, -0.2) is 0 Å². The first kappa shape index (κ1) is 10.2. The fourth-order valence-corrected chi connectivity index (χ4v) is 1.77. The van der Waals surface area contributed by atoms with Crippen molar-refractivity contribution in [2.45, 2.75) is 18.9 Å². The summed E-state index contributed by atoms with van der Waals surface area (Å²) in [6.07, 6.45) is 2.67. The molecule has 0 spiro atoms. The van der Waals surface area contributed by atoms with Crippen molar-refractivity contribution in [2.24, 2.45) is 12.8 Å². The number of likely N-dealkylation sites (tertiary alicyclic amines) is 1. The number of carbonyl (C=O) groups excluding carboxylic acids is 1. The minimum absolute atomic E-state index is 0.0230. The average molecular weight is 208 g/mol. The second kappa shape index (κ2) is 3.34. The van der Waals surface area contributed by atoms with Gasteiger partial charge in [-0.15, -0.1) is 0 Å². The van der Waals surface area contributed by atoms with Crippen LogP contribution in [0.15, 0.2) is 12.3 Å². The molecule has 5 heteroatoms. The number of nitrogens with zero attached hydrogens (tertiary/aromatic N) is 3. The number of aromatic nitrogens is 2. The number of hydrogen-bond acceptors (Lipinski definition) is 3. The molecular formula is C10H16N4O. The lowest BCUT2D eigenvalue weighted by Gasteiger charge is -2.47. The maximum absolute atomic E-state index is 11.8. The maximum atomic E-state index is 11.8. The number of amides is 1. The molecule has 1 aliphatic rings. The van der Waals surface area contributed by atoms with Gasteiger partial charge in [0.05, 0.1) is 5.54 Å². The van der Waals surface area contributed by atoms with Crippen LogP contribution in [0.2, 0.25) is 0 Å². The Labute approximate surface area is 88.8 Å². The van der Waals surface area contributed by atoms with Gasteiger partial charge < -0.3 is 10.6 Å². The summed E-state index contributed by atoms with van der Waals surface area (Å²) in [5, 5.41) is 4.07. The van der Waals surface area contributed by atoms with E-state index in [1.807, 2.05) is 6.92 Å². The first-order valence-corrected chi connectivity index (χ1v) is 5.12. The lowest BCUT2D eigenvalue weighted by Crippen LogP contribution is -2.68. The van der Waals surface area contributed by atoms with Gasteiger partial charge in [0.1, 0.15) is 5.69 Å². The van der Waals surface area contributed by atoms with E-state index in [1.54, 1.807) is 28.9 Å². The van der Waals surface area contributed by atoms with Gasteiger partial charge in [-0.3, -0.25) is 9.48 Å². The highest BCUT2D eigenvalue weighted by Crippen LogP contribution is 2.22. The van der Waals surface area contributed by atoms with E-state index in [9.17, 15) is 4.79 Å². The highest BCUT2D eigenvalue weighted by molar-refractivity contribution is 5.93. The molecule has 0 saturated carbocycles. The Morgan fingerprint density at radius 1 is 1.67 bits per heavy atom. The van der Waals surface area contributed by atoms with Crippen molar-refractivity contribution in [1.82, 2.24) is 14.7 Å². The maximum Gasteiger partial charge on any atom is 0.274 e. The van der Waals surface area contributed by atoms with Crippen LogP contribution in [-0.4, -0.2) is 39.2 Å². The number of nitrogens with two attached hydrogens (primary N) is 1. The Kier molecular flexibility index (Phi) is 2.26. The predicted octanol–water partition coefficient (Wildman–Crippen LogP) is -0.0166. The third-order valence-corrected chi connectivity index (χ3v) is 2.94. The van der Waals surface area contributed by atoms with Crippen molar-refractivity contribution in [2.75, 3.05) is 13.1 Å². The Morgan fingerprint density at radius 3 is 2.80 bits per heavy atom. The molecule has 15 heavy (non-hydrogen) atoms.